The quantitative estimate of drug-likeness (QED) is 0.253. The number of carbonyl (C=O) groups excluding carboxylic acids is 2. The summed E-state index contributed by atoms with van der Waals surface area (Å²) in [5, 5.41) is 8.08. The molecule has 3 heterocycles. The number of ether oxygens (including phenoxy) is 1. The summed E-state index contributed by atoms with van der Waals surface area (Å²) in [5.74, 6) is -0.0677. The first-order valence-corrected chi connectivity index (χ1v) is 14.1. The molecule has 11 nitrogen and oxygen atoms in total. The Bertz CT molecular complexity index is 1410. The van der Waals surface area contributed by atoms with Crippen LogP contribution in [-0.2, 0) is 15.8 Å². The molecule has 1 aromatic carbocycles. The number of pyridine rings is 1. The van der Waals surface area contributed by atoms with Gasteiger partial charge in [0.2, 0.25) is 17.8 Å². The second-order valence-electron chi connectivity index (χ2n) is 8.71. The third-order valence-corrected chi connectivity index (χ3v) is 6.04. The number of carbonyl (C=O) groups is 2. The van der Waals surface area contributed by atoms with E-state index in [4.69, 9.17) is 4.74 Å². The minimum Gasteiger partial charge on any atom is -0.494 e. The van der Waals surface area contributed by atoms with Crippen LogP contribution in [-0.4, -0.2) is 65.0 Å². The second-order valence-corrected chi connectivity index (χ2v) is 8.71. The number of nitrogens with one attached hydrogen (secondary N) is 3. The Labute approximate surface area is 255 Å². The van der Waals surface area contributed by atoms with Crippen LogP contribution in [0.3, 0.4) is 0 Å². The van der Waals surface area contributed by atoms with Crippen LogP contribution in [0.4, 0.5) is 47.8 Å². The fraction of sp³-hybridized carbons (Fsp3) is 0.367. The Morgan fingerprint density at radius 1 is 0.977 bits per heavy atom. The van der Waals surface area contributed by atoms with Crippen LogP contribution in [0.15, 0.2) is 55.4 Å². The highest BCUT2D eigenvalue weighted by Crippen LogP contribution is 2.36. The van der Waals surface area contributed by atoms with Crippen molar-refractivity contribution in [3.63, 3.8) is 0 Å². The van der Waals surface area contributed by atoms with Crippen LogP contribution in [0.1, 0.15) is 40.2 Å². The van der Waals surface area contributed by atoms with Gasteiger partial charge in [0.1, 0.15) is 28.6 Å². The summed E-state index contributed by atoms with van der Waals surface area (Å²) in [6.45, 7) is 15.2. The molecule has 1 saturated heterocycles. The van der Waals surface area contributed by atoms with Crippen LogP contribution in [0.25, 0.3) is 0 Å². The minimum absolute atomic E-state index is 0.0160. The SMILES string of the molecule is C=CC(=O)Nc1cccc(Nc2nc(Nc3cnc(N4CCN(C(C)=O)CC4)cc3OC)ncc2C(F)(F)F)c1.CC.CC. The zero-order chi connectivity index (χ0) is 32.9. The maximum atomic E-state index is 13.8. The molecule has 4 rings (SSSR count). The zero-order valence-electron chi connectivity index (χ0n) is 25.7. The van der Waals surface area contributed by atoms with Gasteiger partial charge in [0.05, 0.1) is 13.3 Å². The molecule has 1 aliphatic rings. The van der Waals surface area contributed by atoms with Crippen molar-refractivity contribution < 1.29 is 27.5 Å². The van der Waals surface area contributed by atoms with Crippen LogP contribution < -0.4 is 25.6 Å². The van der Waals surface area contributed by atoms with Gasteiger partial charge in [-0.05, 0) is 24.3 Å². The van der Waals surface area contributed by atoms with Gasteiger partial charge >= 0.3 is 6.18 Å². The van der Waals surface area contributed by atoms with E-state index in [0.717, 1.165) is 6.08 Å². The number of hydrogen-bond donors (Lipinski definition) is 3. The van der Waals surface area contributed by atoms with Crippen molar-refractivity contribution in [2.24, 2.45) is 0 Å². The molecular weight excluding hydrogens is 577 g/mol. The number of methoxy groups -OCH3 is 1. The molecule has 2 aromatic heterocycles. The highest BCUT2D eigenvalue weighted by atomic mass is 19.4. The summed E-state index contributed by atoms with van der Waals surface area (Å²) in [4.78, 5) is 39.3. The number of piperazine rings is 1. The number of benzene rings is 1. The summed E-state index contributed by atoms with van der Waals surface area (Å²) in [5.41, 5.74) is -0.128. The van der Waals surface area contributed by atoms with Crippen LogP contribution >= 0.6 is 0 Å². The van der Waals surface area contributed by atoms with Crippen molar-refractivity contribution >= 4 is 46.5 Å². The zero-order valence-corrected chi connectivity index (χ0v) is 25.7. The lowest BCUT2D eigenvalue weighted by atomic mass is 10.2. The van der Waals surface area contributed by atoms with Crippen LogP contribution in [0.5, 0.6) is 5.75 Å². The monoisotopic (exact) mass is 616 g/mol. The number of anilines is 6. The number of aromatic nitrogens is 3. The Kier molecular flexibility index (Phi) is 13.4. The van der Waals surface area contributed by atoms with E-state index in [0.29, 0.717) is 55.3 Å². The third kappa shape index (κ3) is 9.57. The third-order valence-electron chi connectivity index (χ3n) is 6.04. The van der Waals surface area contributed by atoms with Crippen LogP contribution in [0, 0.1) is 0 Å². The van der Waals surface area contributed by atoms with Gasteiger partial charge in [0.25, 0.3) is 0 Å². The minimum atomic E-state index is -4.73. The van der Waals surface area contributed by atoms with E-state index < -0.39 is 23.5 Å². The van der Waals surface area contributed by atoms with E-state index in [9.17, 15) is 22.8 Å². The fourth-order valence-corrected chi connectivity index (χ4v) is 3.98. The first-order chi connectivity index (χ1) is 21.1. The molecule has 0 unspecified atom stereocenters. The molecule has 0 aliphatic carbocycles. The number of rotatable bonds is 8. The molecule has 1 aliphatic heterocycles. The number of alkyl halides is 3. The number of nitrogens with zero attached hydrogens (tertiary/aromatic N) is 5. The summed E-state index contributed by atoms with van der Waals surface area (Å²) < 4.78 is 46.7. The summed E-state index contributed by atoms with van der Waals surface area (Å²) in [7, 11) is 1.46. The number of amides is 2. The van der Waals surface area contributed by atoms with E-state index in [2.05, 4.69) is 37.5 Å². The predicted molar refractivity (Wildman–Crippen MR) is 167 cm³/mol. The fourth-order valence-electron chi connectivity index (χ4n) is 3.98. The van der Waals surface area contributed by atoms with Crippen molar-refractivity contribution in [1.82, 2.24) is 19.9 Å². The van der Waals surface area contributed by atoms with Gasteiger partial charge in [-0.3, -0.25) is 9.59 Å². The van der Waals surface area contributed by atoms with Gasteiger partial charge in [-0.2, -0.15) is 18.2 Å². The Morgan fingerprint density at radius 2 is 1.64 bits per heavy atom. The van der Waals surface area contributed by atoms with E-state index in [-0.39, 0.29) is 17.5 Å². The second kappa shape index (κ2) is 16.7. The molecule has 2 amide bonds. The smallest absolute Gasteiger partial charge is 0.421 e. The van der Waals surface area contributed by atoms with Gasteiger partial charge in [0.15, 0.2) is 0 Å². The van der Waals surface area contributed by atoms with E-state index in [1.54, 1.807) is 23.1 Å². The molecule has 0 radical (unpaired) electrons. The average Bonchev–Trinajstić information content (AvgIpc) is 3.03. The lowest BCUT2D eigenvalue weighted by Crippen LogP contribution is -2.48. The molecule has 0 saturated carbocycles. The predicted octanol–water partition coefficient (Wildman–Crippen LogP) is 6.23. The molecule has 0 atom stereocenters. The van der Waals surface area contributed by atoms with Crippen molar-refractivity contribution in [2.75, 3.05) is 54.1 Å². The van der Waals surface area contributed by atoms with Crippen molar-refractivity contribution in [2.45, 2.75) is 40.8 Å². The lowest BCUT2D eigenvalue weighted by molar-refractivity contribution is -0.137. The normalized spacial score (nSPS) is 12.5. The average molecular weight is 617 g/mol. The molecule has 0 bridgehead atoms. The summed E-state index contributed by atoms with van der Waals surface area (Å²) in [6, 6.07) is 7.82. The summed E-state index contributed by atoms with van der Waals surface area (Å²) >= 11 is 0. The van der Waals surface area contributed by atoms with Gasteiger partial charge in [0, 0.05) is 56.7 Å². The van der Waals surface area contributed by atoms with Crippen molar-refractivity contribution in [3.8, 4) is 5.75 Å². The molecule has 44 heavy (non-hydrogen) atoms. The molecule has 3 N–H and O–H groups in total. The maximum Gasteiger partial charge on any atom is 0.421 e. The van der Waals surface area contributed by atoms with Gasteiger partial charge in [-0.25, -0.2) is 9.97 Å². The maximum absolute atomic E-state index is 13.8. The first kappa shape index (κ1) is 35.3. The lowest BCUT2D eigenvalue weighted by Gasteiger charge is -2.35. The van der Waals surface area contributed by atoms with E-state index >= 15 is 0 Å². The van der Waals surface area contributed by atoms with Crippen molar-refractivity contribution in [1.29, 1.82) is 0 Å². The van der Waals surface area contributed by atoms with E-state index in [1.807, 2.05) is 32.6 Å². The molecule has 0 spiro atoms. The number of hydrogen-bond acceptors (Lipinski definition) is 9. The highest BCUT2D eigenvalue weighted by molar-refractivity contribution is 5.99. The Balaban J connectivity index is 0.00000162. The van der Waals surface area contributed by atoms with E-state index in [1.165, 1.54) is 32.4 Å². The summed E-state index contributed by atoms with van der Waals surface area (Å²) in [6.07, 6.45) is -1.51. The van der Waals surface area contributed by atoms with Crippen molar-refractivity contribution in [3.05, 3.63) is 60.9 Å². The Morgan fingerprint density at radius 3 is 2.23 bits per heavy atom. The standard InChI is InChI=1S/C26H27F3N8O3.2C2H6/c1-4-23(39)32-17-6-5-7-18(12-17)33-24-19(26(27,28)29)14-31-25(35-24)34-20-15-30-22(13-21(20)40-3)37-10-8-36(9-11-37)16(2)38;2*1-2/h4-7,12-15H,1,8-11H2,2-3H3,(H,32,39)(H2,31,33,34,35);2*1-2H3. The largest absolute Gasteiger partial charge is 0.494 e. The number of halogens is 3. The molecule has 14 heteroatoms. The van der Waals surface area contributed by atoms with Gasteiger partial charge in [-0.15, -0.1) is 0 Å². The molecular formula is C30H39F3N8O3. The Hall–Kier alpha value is -4.88. The van der Waals surface area contributed by atoms with Gasteiger partial charge < -0.3 is 30.5 Å². The van der Waals surface area contributed by atoms with Gasteiger partial charge in [-0.1, -0.05) is 40.3 Å². The highest BCUT2D eigenvalue weighted by Gasteiger charge is 2.35. The molecule has 1 fully saturated rings. The van der Waals surface area contributed by atoms with Crippen LogP contribution in [0.2, 0.25) is 0 Å². The molecule has 238 valence electrons. The molecule has 3 aromatic rings. The topological polar surface area (TPSA) is 125 Å². The first-order valence-electron chi connectivity index (χ1n) is 14.1.